The standard InChI is InChI=1S/C9H21N3O2S2/c1-5-12(6-2)16(13,14)11-7-9(3,4)8(10)15/h11H,5-7H2,1-4H3,(H2,10,15). The van der Waals surface area contributed by atoms with Crippen molar-refractivity contribution in [2.75, 3.05) is 19.6 Å². The summed E-state index contributed by atoms with van der Waals surface area (Å²) in [5.41, 5.74) is 5.01. The van der Waals surface area contributed by atoms with Crippen molar-refractivity contribution in [2.24, 2.45) is 11.1 Å². The van der Waals surface area contributed by atoms with Gasteiger partial charge in [-0.2, -0.15) is 12.7 Å². The van der Waals surface area contributed by atoms with Crippen LogP contribution in [0.4, 0.5) is 0 Å². The Bertz CT molecular complexity index is 335. The van der Waals surface area contributed by atoms with Crippen molar-refractivity contribution < 1.29 is 8.42 Å². The number of rotatable bonds is 7. The molecule has 0 bridgehead atoms. The van der Waals surface area contributed by atoms with E-state index in [0.29, 0.717) is 18.1 Å². The molecule has 0 atom stereocenters. The van der Waals surface area contributed by atoms with Gasteiger partial charge in [0.25, 0.3) is 10.2 Å². The third kappa shape index (κ3) is 4.32. The second-order valence-corrected chi connectivity index (χ2v) is 6.35. The summed E-state index contributed by atoms with van der Waals surface area (Å²) in [7, 11) is -3.42. The Morgan fingerprint density at radius 3 is 2.12 bits per heavy atom. The van der Waals surface area contributed by atoms with E-state index in [9.17, 15) is 8.42 Å². The van der Waals surface area contributed by atoms with Gasteiger partial charge < -0.3 is 5.73 Å². The van der Waals surface area contributed by atoms with Gasteiger partial charge in [0.05, 0.1) is 4.99 Å². The molecule has 0 aliphatic carbocycles. The van der Waals surface area contributed by atoms with Gasteiger partial charge in [0.1, 0.15) is 0 Å². The predicted molar refractivity (Wildman–Crippen MR) is 70.4 cm³/mol. The first-order valence-electron chi connectivity index (χ1n) is 5.22. The van der Waals surface area contributed by atoms with Gasteiger partial charge in [-0.25, -0.2) is 4.72 Å². The maximum atomic E-state index is 11.8. The molecule has 0 saturated carbocycles. The van der Waals surface area contributed by atoms with Gasteiger partial charge in [-0.15, -0.1) is 0 Å². The number of nitrogens with zero attached hydrogens (tertiary/aromatic N) is 1. The van der Waals surface area contributed by atoms with Crippen molar-refractivity contribution in [1.29, 1.82) is 0 Å². The summed E-state index contributed by atoms with van der Waals surface area (Å²) in [6.07, 6.45) is 0. The van der Waals surface area contributed by atoms with Crippen LogP contribution in [0.5, 0.6) is 0 Å². The van der Waals surface area contributed by atoms with Gasteiger partial charge >= 0.3 is 0 Å². The highest BCUT2D eigenvalue weighted by atomic mass is 32.2. The lowest BCUT2D eigenvalue weighted by Gasteiger charge is -2.26. The lowest BCUT2D eigenvalue weighted by atomic mass is 9.94. The summed E-state index contributed by atoms with van der Waals surface area (Å²) in [6, 6.07) is 0. The van der Waals surface area contributed by atoms with Crippen LogP contribution in [0, 0.1) is 5.41 Å². The fourth-order valence-corrected chi connectivity index (χ4v) is 2.49. The fraction of sp³-hybridized carbons (Fsp3) is 0.889. The number of hydrogen-bond donors (Lipinski definition) is 2. The van der Waals surface area contributed by atoms with E-state index in [-0.39, 0.29) is 6.54 Å². The highest BCUT2D eigenvalue weighted by molar-refractivity contribution is 7.87. The topological polar surface area (TPSA) is 75.4 Å². The summed E-state index contributed by atoms with van der Waals surface area (Å²) in [4.78, 5) is 0.301. The Balaban J connectivity index is 4.57. The molecule has 96 valence electrons. The van der Waals surface area contributed by atoms with E-state index >= 15 is 0 Å². The quantitative estimate of drug-likeness (QED) is 0.658. The Labute approximate surface area is 104 Å². The summed E-state index contributed by atoms with van der Waals surface area (Å²) in [5, 5.41) is 0. The monoisotopic (exact) mass is 267 g/mol. The SMILES string of the molecule is CCN(CC)S(=O)(=O)NCC(C)(C)C(N)=S. The zero-order valence-electron chi connectivity index (χ0n) is 10.3. The zero-order valence-corrected chi connectivity index (χ0v) is 11.9. The van der Waals surface area contributed by atoms with Crippen molar-refractivity contribution >= 4 is 27.4 Å². The third-order valence-corrected chi connectivity index (χ3v) is 4.67. The van der Waals surface area contributed by atoms with E-state index in [1.54, 1.807) is 27.7 Å². The molecule has 7 heteroatoms. The molecule has 0 heterocycles. The summed E-state index contributed by atoms with van der Waals surface area (Å²) >= 11 is 4.87. The normalized spacial score (nSPS) is 13.1. The lowest BCUT2D eigenvalue weighted by Crippen LogP contribution is -2.47. The average molecular weight is 267 g/mol. The molecule has 0 aliphatic rings. The van der Waals surface area contributed by atoms with E-state index in [0.717, 1.165) is 0 Å². The van der Waals surface area contributed by atoms with Crippen LogP contribution in [0.1, 0.15) is 27.7 Å². The Morgan fingerprint density at radius 1 is 1.38 bits per heavy atom. The number of hydrogen-bond acceptors (Lipinski definition) is 3. The van der Waals surface area contributed by atoms with Crippen LogP contribution in [0.3, 0.4) is 0 Å². The molecule has 0 saturated heterocycles. The first kappa shape index (κ1) is 15.8. The Morgan fingerprint density at radius 2 is 1.81 bits per heavy atom. The maximum Gasteiger partial charge on any atom is 0.279 e. The molecule has 0 rings (SSSR count). The molecule has 0 unspecified atom stereocenters. The first-order valence-corrected chi connectivity index (χ1v) is 7.06. The molecule has 3 N–H and O–H groups in total. The minimum absolute atomic E-state index is 0.209. The summed E-state index contributed by atoms with van der Waals surface area (Å²) in [6.45, 7) is 8.29. The van der Waals surface area contributed by atoms with E-state index < -0.39 is 15.6 Å². The van der Waals surface area contributed by atoms with Gasteiger partial charge in [-0.1, -0.05) is 39.9 Å². The Kier molecular flexibility index (Phi) is 5.81. The molecule has 16 heavy (non-hydrogen) atoms. The molecule has 0 fully saturated rings. The van der Waals surface area contributed by atoms with E-state index in [2.05, 4.69) is 4.72 Å². The lowest BCUT2D eigenvalue weighted by molar-refractivity contribution is 0.421. The second-order valence-electron chi connectivity index (χ2n) is 4.16. The molecule has 0 radical (unpaired) electrons. The van der Waals surface area contributed by atoms with E-state index in [4.69, 9.17) is 18.0 Å². The second kappa shape index (κ2) is 5.90. The van der Waals surface area contributed by atoms with Gasteiger partial charge in [0.2, 0.25) is 0 Å². The van der Waals surface area contributed by atoms with Crippen molar-refractivity contribution in [1.82, 2.24) is 9.03 Å². The molecular formula is C9H21N3O2S2. The van der Waals surface area contributed by atoms with Crippen LogP contribution < -0.4 is 10.5 Å². The number of thiocarbonyl (C=S) groups is 1. The summed E-state index contributed by atoms with van der Waals surface area (Å²) in [5.74, 6) is 0. The van der Waals surface area contributed by atoms with Crippen LogP contribution in [0.2, 0.25) is 0 Å². The van der Waals surface area contributed by atoms with Gasteiger partial charge in [-0.05, 0) is 0 Å². The third-order valence-electron chi connectivity index (χ3n) is 2.41. The van der Waals surface area contributed by atoms with E-state index in [1.807, 2.05) is 0 Å². The minimum Gasteiger partial charge on any atom is -0.393 e. The molecule has 0 aromatic heterocycles. The molecule has 0 aromatic carbocycles. The van der Waals surface area contributed by atoms with Gasteiger partial charge in [-0.3, -0.25) is 0 Å². The van der Waals surface area contributed by atoms with Crippen LogP contribution in [-0.4, -0.2) is 37.3 Å². The highest BCUT2D eigenvalue weighted by Crippen LogP contribution is 2.14. The minimum atomic E-state index is -3.42. The molecular weight excluding hydrogens is 246 g/mol. The van der Waals surface area contributed by atoms with Gasteiger partial charge in [0.15, 0.2) is 0 Å². The van der Waals surface area contributed by atoms with E-state index in [1.165, 1.54) is 4.31 Å². The van der Waals surface area contributed by atoms with Crippen LogP contribution in [-0.2, 0) is 10.2 Å². The molecule has 0 aromatic rings. The summed E-state index contributed by atoms with van der Waals surface area (Å²) < 4.78 is 27.4. The fourth-order valence-electron chi connectivity index (χ4n) is 1.01. The largest absolute Gasteiger partial charge is 0.393 e. The molecule has 0 aliphatic heterocycles. The molecule has 0 spiro atoms. The molecule has 5 nitrogen and oxygen atoms in total. The average Bonchev–Trinajstić information content (AvgIpc) is 2.16. The van der Waals surface area contributed by atoms with Crippen LogP contribution >= 0.6 is 12.2 Å². The Hall–Kier alpha value is -0.240. The van der Waals surface area contributed by atoms with Crippen molar-refractivity contribution in [3.05, 3.63) is 0 Å². The predicted octanol–water partition coefficient (Wildman–Crippen LogP) is 0.475. The van der Waals surface area contributed by atoms with Crippen LogP contribution in [0.25, 0.3) is 0 Å². The number of nitrogens with one attached hydrogen (secondary N) is 1. The van der Waals surface area contributed by atoms with Gasteiger partial charge in [0, 0.05) is 25.0 Å². The highest BCUT2D eigenvalue weighted by Gasteiger charge is 2.26. The number of nitrogens with two attached hydrogens (primary N) is 1. The molecule has 0 amide bonds. The van der Waals surface area contributed by atoms with Crippen molar-refractivity contribution in [3.8, 4) is 0 Å². The van der Waals surface area contributed by atoms with Crippen molar-refractivity contribution in [2.45, 2.75) is 27.7 Å². The van der Waals surface area contributed by atoms with Crippen molar-refractivity contribution in [3.63, 3.8) is 0 Å². The maximum absolute atomic E-state index is 11.8. The smallest absolute Gasteiger partial charge is 0.279 e. The first-order chi connectivity index (χ1) is 7.17. The van der Waals surface area contributed by atoms with Crippen LogP contribution in [0.15, 0.2) is 0 Å². The zero-order chi connectivity index (χ0) is 13.0.